The zero-order valence-corrected chi connectivity index (χ0v) is 35.4. The molecule has 9 rings (SSSR count). The van der Waals surface area contributed by atoms with Crippen molar-refractivity contribution in [2.24, 2.45) is 5.92 Å². The highest BCUT2D eigenvalue weighted by molar-refractivity contribution is 6.12. The maximum atomic E-state index is 13.0. The van der Waals surface area contributed by atoms with Gasteiger partial charge in [0.25, 0.3) is 0 Å². The molecule has 4 amide bonds. The fourth-order valence-electron chi connectivity index (χ4n) is 8.83. The highest BCUT2D eigenvalue weighted by Gasteiger charge is 2.28. The quantitative estimate of drug-likeness (QED) is 0.152. The first-order valence-electron chi connectivity index (χ1n) is 21.2. The number of pyridine rings is 1. The first-order valence-corrected chi connectivity index (χ1v) is 21.2. The van der Waals surface area contributed by atoms with Gasteiger partial charge in [0.2, 0.25) is 5.91 Å². The first kappa shape index (κ1) is 40.0. The summed E-state index contributed by atoms with van der Waals surface area (Å²) < 4.78 is 5.26. The van der Waals surface area contributed by atoms with Crippen LogP contribution in [0.15, 0.2) is 65.6 Å². The number of imide groups is 1. The summed E-state index contributed by atoms with van der Waals surface area (Å²) in [5.41, 5.74) is 7.23. The molecule has 3 saturated heterocycles. The normalized spacial score (nSPS) is 17.6. The number of H-pyrrole nitrogens is 1. The van der Waals surface area contributed by atoms with E-state index in [9.17, 15) is 14.4 Å². The topological polar surface area (TPSA) is 182 Å². The fourth-order valence-corrected chi connectivity index (χ4v) is 8.83. The maximum absolute atomic E-state index is 13.0. The molecule has 3 fully saturated rings. The lowest BCUT2D eigenvalue weighted by atomic mass is 9.96. The second kappa shape index (κ2) is 16.2. The molecule has 0 spiro atoms. The summed E-state index contributed by atoms with van der Waals surface area (Å²) in [6.07, 6.45) is 5.86. The predicted octanol–water partition coefficient (Wildman–Crippen LogP) is 6.14. The van der Waals surface area contributed by atoms with Crippen LogP contribution >= 0.6 is 0 Å². The Morgan fingerprint density at radius 1 is 0.918 bits per heavy atom. The minimum atomic E-state index is -0.406. The van der Waals surface area contributed by atoms with Crippen LogP contribution in [0.25, 0.3) is 33.2 Å². The number of carbonyl (C=O) groups excluding carboxylic acids is 3. The van der Waals surface area contributed by atoms with Crippen molar-refractivity contribution in [1.29, 1.82) is 0 Å². The monoisotopic (exact) mass is 824 g/mol. The molecule has 316 valence electrons. The van der Waals surface area contributed by atoms with Crippen molar-refractivity contribution in [3.05, 3.63) is 83.9 Å². The Morgan fingerprint density at radius 3 is 2.41 bits per heavy atom. The lowest BCUT2D eigenvalue weighted by Gasteiger charge is -2.40. The number of anilines is 3. The predicted molar refractivity (Wildman–Crippen MR) is 234 cm³/mol. The molecular formula is C45H52N12O4. The minimum Gasteiger partial charge on any atom is -0.369 e. The third kappa shape index (κ3) is 8.23. The number of piperazine rings is 1. The van der Waals surface area contributed by atoms with Gasteiger partial charge in [-0.25, -0.2) is 19.7 Å². The van der Waals surface area contributed by atoms with Gasteiger partial charge >= 0.3 is 17.8 Å². The Bertz CT molecular complexity index is 2600. The SMILES string of the molecule is Cc1cc(-c2ncnc3[nH]c4cc(N5CCN(CC6CCN(c7ccc(N8CCC(=O)NC8=O)cn7)CC6)CC5)ccc4c23)ccc1[C@@H](C)NC(=O)c1nc(C(C)(C)C)no1. The third-order valence-corrected chi connectivity index (χ3v) is 12.3. The van der Waals surface area contributed by atoms with E-state index in [2.05, 4.69) is 74.7 Å². The largest absolute Gasteiger partial charge is 0.369 e. The number of amides is 4. The number of rotatable bonds is 9. The molecule has 3 aliphatic rings. The molecule has 0 unspecified atom stereocenters. The van der Waals surface area contributed by atoms with Crippen molar-refractivity contribution in [3.63, 3.8) is 0 Å². The van der Waals surface area contributed by atoms with E-state index in [0.717, 1.165) is 109 Å². The number of aromatic nitrogens is 6. The van der Waals surface area contributed by atoms with Crippen LogP contribution in [0.2, 0.25) is 0 Å². The molecule has 1 atom stereocenters. The molecule has 0 aliphatic carbocycles. The molecule has 16 nitrogen and oxygen atoms in total. The first-order chi connectivity index (χ1) is 29.4. The lowest BCUT2D eigenvalue weighted by molar-refractivity contribution is -0.120. The Balaban J connectivity index is 0.799. The van der Waals surface area contributed by atoms with Crippen LogP contribution in [0.3, 0.4) is 0 Å². The van der Waals surface area contributed by atoms with Crippen LogP contribution in [0.1, 0.15) is 80.6 Å². The number of nitrogens with one attached hydrogen (secondary N) is 3. The molecule has 0 radical (unpaired) electrons. The van der Waals surface area contributed by atoms with Gasteiger partial charge in [-0.15, -0.1) is 0 Å². The van der Waals surface area contributed by atoms with Crippen molar-refractivity contribution in [2.75, 3.05) is 67.1 Å². The van der Waals surface area contributed by atoms with Crippen LogP contribution in [0.4, 0.5) is 22.0 Å². The number of urea groups is 1. The summed E-state index contributed by atoms with van der Waals surface area (Å²) in [7, 11) is 0. The van der Waals surface area contributed by atoms with E-state index in [4.69, 9.17) is 9.51 Å². The summed E-state index contributed by atoms with van der Waals surface area (Å²) in [6, 6.07) is 16.1. The number of benzene rings is 2. The number of fused-ring (bicyclic) bond motifs is 3. The molecule has 0 bridgehead atoms. The lowest BCUT2D eigenvalue weighted by Crippen LogP contribution is -2.49. The zero-order valence-electron chi connectivity index (χ0n) is 35.4. The highest BCUT2D eigenvalue weighted by atomic mass is 16.5. The standard InChI is InChI=1S/C45H52N12O4/c1-27-22-30(6-9-33(27)28(2)49-41(59)42-52-43(53-61-42)45(3,4)5)39-38-34-10-7-31(23-35(34)50-40(38)48-26-47-39)55-20-18-54(19-21-55)25-29-12-15-56(16-13-29)36-11-8-32(24-46-36)57-17-14-37(58)51-44(57)60/h6-11,22-24,26,28-29H,12-21,25H2,1-5H3,(H,49,59)(H,47,48,50)(H,51,58,60)/t28-/m1/s1. The fraction of sp³-hybridized carbons (Fsp3) is 0.422. The van der Waals surface area contributed by atoms with Crippen LogP contribution < -0.4 is 25.3 Å². The Morgan fingerprint density at radius 2 is 1.70 bits per heavy atom. The highest BCUT2D eigenvalue weighted by Crippen LogP contribution is 2.36. The van der Waals surface area contributed by atoms with Crippen molar-refractivity contribution in [3.8, 4) is 11.3 Å². The summed E-state index contributed by atoms with van der Waals surface area (Å²) in [6.45, 7) is 17.3. The molecule has 4 aromatic heterocycles. The molecule has 2 aromatic carbocycles. The molecular weight excluding hydrogens is 773 g/mol. The summed E-state index contributed by atoms with van der Waals surface area (Å²) in [4.78, 5) is 67.6. The number of aromatic amines is 1. The molecule has 3 aliphatic heterocycles. The molecule has 61 heavy (non-hydrogen) atoms. The van der Waals surface area contributed by atoms with Gasteiger partial charge in [-0.1, -0.05) is 44.1 Å². The van der Waals surface area contributed by atoms with E-state index < -0.39 is 11.9 Å². The van der Waals surface area contributed by atoms with E-state index in [1.165, 1.54) is 5.69 Å². The number of piperidine rings is 1. The average Bonchev–Trinajstić information content (AvgIpc) is 3.91. The van der Waals surface area contributed by atoms with Gasteiger partial charge < -0.3 is 24.6 Å². The molecule has 6 aromatic rings. The van der Waals surface area contributed by atoms with Crippen molar-refractivity contribution in [2.45, 2.75) is 65.3 Å². The van der Waals surface area contributed by atoms with Gasteiger partial charge in [-0.3, -0.25) is 24.7 Å². The van der Waals surface area contributed by atoms with Crippen molar-refractivity contribution >= 4 is 57.0 Å². The number of hydrogen-bond donors (Lipinski definition) is 3. The Hall–Kier alpha value is -6.42. The molecule has 7 heterocycles. The van der Waals surface area contributed by atoms with Crippen LogP contribution in [0.5, 0.6) is 0 Å². The Kier molecular flexibility index (Phi) is 10.6. The molecule has 16 heteroatoms. The summed E-state index contributed by atoms with van der Waals surface area (Å²) >= 11 is 0. The number of aryl methyl sites for hydroxylation is 1. The van der Waals surface area contributed by atoms with Gasteiger partial charge in [0, 0.05) is 86.3 Å². The van der Waals surface area contributed by atoms with Gasteiger partial charge in [0.15, 0.2) is 5.82 Å². The van der Waals surface area contributed by atoms with E-state index >= 15 is 0 Å². The van der Waals surface area contributed by atoms with E-state index in [-0.39, 0.29) is 23.3 Å². The second-order valence-electron chi connectivity index (χ2n) is 17.6. The van der Waals surface area contributed by atoms with E-state index in [1.54, 1.807) is 17.4 Å². The van der Waals surface area contributed by atoms with Crippen LogP contribution in [0, 0.1) is 12.8 Å². The third-order valence-electron chi connectivity index (χ3n) is 12.3. The van der Waals surface area contributed by atoms with Gasteiger partial charge in [0.1, 0.15) is 17.8 Å². The smallest absolute Gasteiger partial charge is 0.328 e. The van der Waals surface area contributed by atoms with Gasteiger partial charge in [0.05, 0.1) is 29.0 Å². The summed E-state index contributed by atoms with van der Waals surface area (Å²) in [5.74, 6) is 1.37. The van der Waals surface area contributed by atoms with Gasteiger partial charge in [-0.05, 0) is 74.1 Å². The maximum Gasteiger partial charge on any atom is 0.328 e. The Labute approximate surface area is 354 Å². The van der Waals surface area contributed by atoms with Crippen LogP contribution in [-0.2, 0) is 10.2 Å². The number of carbonyl (C=O) groups is 3. The van der Waals surface area contributed by atoms with E-state index in [1.807, 2.05) is 58.9 Å². The van der Waals surface area contributed by atoms with Gasteiger partial charge in [-0.2, -0.15) is 4.98 Å². The van der Waals surface area contributed by atoms with Crippen LogP contribution in [-0.4, -0.2) is 105 Å². The van der Waals surface area contributed by atoms with Crippen molar-refractivity contribution < 1.29 is 18.9 Å². The zero-order chi connectivity index (χ0) is 42.4. The van der Waals surface area contributed by atoms with Crippen molar-refractivity contribution in [1.82, 2.24) is 45.6 Å². The second-order valence-corrected chi connectivity index (χ2v) is 17.6. The summed E-state index contributed by atoms with van der Waals surface area (Å²) in [5, 5.41) is 11.4. The molecule has 0 saturated carbocycles. The van der Waals surface area contributed by atoms with E-state index in [0.29, 0.717) is 30.4 Å². The number of hydrogen-bond acceptors (Lipinski definition) is 12. The minimum absolute atomic E-state index is 0.0456. The molecule has 3 N–H and O–H groups in total. The number of nitrogens with zero attached hydrogens (tertiary/aromatic N) is 9. The average molecular weight is 825 g/mol.